The van der Waals surface area contributed by atoms with Gasteiger partial charge < -0.3 is 9.64 Å². The maximum absolute atomic E-state index is 12.7. The van der Waals surface area contributed by atoms with Crippen molar-refractivity contribution in [2.75, 3.05) is 25.1 Å². The summed E-state index contributed by atoms with van der Waals surface area (Å²) >= 11 is 1.23. The van der Waals surface area contributed by atoms with Gasteiger partial charge in [-0.25, -0.2) is 22.6 Å². The Hall–Kier alpha value is -2.95. The maximum atomic E-state index is 12.7. The predicted octanol–water partition coefficient (Wildman–Crippen LogP) is 3.95. The van der Waals surface area contributed by atoms with E-state index >= 15 is 0 Å². The van der Waals surface area contributed by atoms with Crippen molar-refractivity contribution < 1.29 is 13.2 Å². The van der Waals surface area contributed by atoms with Crippen molar-refractivity contribution >= 4 is 32.7 Å². The van der Waals surface area contributed by atoms with Crippen LogP contribution in [0.2, 0.25) is 0 Å². The summed E-state index contributed by atoms with van der Waals surface area (Å²) in [6.07, 6.45) is 0.722. The number of fused-ring (bicyclic) bond motifs is 1. The fraction of sp³-hybridized carbons (Fsp3) is 0.333. The molecule has 1 atom stereocenters. The monoisotopic (exact) mass is 497 g/mol. The van der Waals surface area contributed by atoms with Crippen LogP contribution in [0.4, 0.5) is 5.69 Å². The molecule has 0 spiro atoms. The topological polar surface area (TPSA) is 88.8 Å². The molecule has 0 bridgehead atoms. The zero-order valence-corrected chi connectivity index (χ0v) is 21.2. The highest BCUT2D eigenvalue weighted by molar-refractivity contribution is 7.91. The molecule has 0 amide bonds. The molecule has 178 valence electrons. The second-order valence-electron chi connectivity index (χ2n) is 8.62. The molecule has 4 aromatic rings. The van der Waals surface area contributed by atoms with E-state index in [1.54, 1.807) is 24.6 Å². The largest absolute Gasteiger partial charge is 0.496 e. The molecule has 4 heterocycles. The summed E-state index contributed by atoms with van der Waals surface area (Å²) in [6.45, 7) is 7.27. The number of aryl methyl sites for hydroxylation is 3. The van der Waals surface area contributed by atoms with Crippen LogP contribution in [0.25, 0.3) is 16.9 Å². The number of hydrogen-bond donors (Lipinski definition) is 1. The van der Waals surface area contributed by atoms with Crippen molar-refractivity contribution in [3.63, 3.8) is 0 Å². The third kappa shape index (κ3) is 4.06. The number of hydrogen-bond acceptors (Lipinski definition) is 7. The quantitative estimate of drug-likeness (QED) is 0.434. The lowest BCUT2D eigenvalue weighted by atomic mass is 10.1. The van der Waals surface area contributed by atoms with Gasteiger partial charge in [-0.3, -0.25) is 0 Å². The van der Waals surface area contributed by atoms with Gasteiger partial charge in [0.2, 0.25) is 10.0 Å². The van der Waals surface area contributed by atoms with Crippen LogP contribution in [0, 0.1) is 20.8 Å². The van der Waals surface area contributed by atoms with Gasteiger partial charge in [0.25, 0.3) is 0 Å². The Bertz CT molecular complexity index is 1460. The van der Waals surface area contributed by atoms with Crippen LogP contribution in [-0.4, -0.2) is 49.3 Å². The van der Waals surface area contributed by atoms with Gasteiger partial charge in [0.15, 0.2) is 5.65 Å². The van der Waals surface area contributed by atoms with Gasteiger partial charge in [-0.2, -0.15) is 5.10 Å². The standard InChI is InChI=1S/C24H27N5O3S2/c1-15-7-8-18(13-21(15)32-4)23-17(3)25-24-20(12-16(2)26-29(23)24)28-10-9-19(14-28)27-34(30,31)22-6-5-11-33-22/h5-8,11-13,19,27H,9-10,14H2,1-4H3/t19-/m1/s1. The minimum Gasteiger partial charge on any atom is -0.496 e. The summed E-state index contributed by atoms with van der Waals surface area (Å²) in [5.74, 6) is 0.820. The van der Waals surface area contributed by atoms with E-state index in [-0.39, 0.29) is 6.04 Å². The van der Waals surface area contributed by atoms with Crippen molar-refractivity contribution in [2.45, 2.75) is 37.4 Å². The van der Waals surface area contributed by atoms with Gasteiger partial charge >= 0.3 is 0 Å². The van der Waals surface area contributed by atoms with E-state index in [4.69, 9.17) is 14.8 Å². The maximum Gasteiger partial charge on any atom is 0.250 e. The lowest BCUT2D eigenvalue weighted by Crippen LogP contribution is -2.36. The highest BCUT2D eigenvalue weighted by Gasteiger charge is 2.30. The molecule has 1 aromatic carbocycles. The van der Waals surface area contributed by atoms with Crippen LogP contribution >= 0.6 is 11.3 Å². The molecule has 10 heteroatoms. The first kappa shape index (κ1) is 22.8. The molecule has 0 unspecified atom stereocenters. The Kier molecular flexibility index (Phi) is 5.83. The van der Waals surface area contributed by atoms with Crippen molar-refractivity contribution in [2.24, 2.45) is 0 Å². The normalized spacial score (nSPS) is 16.5. The average Bonchev–Trinajstić information content (AvgIpc) is 3.54. The van der Waals surface area contributed by atoms with Gasteiger partial charge in [0, 0.05) is 24.7 Å². The average molecular weight is 498 g/mol. The smallest absolute Gasteiger partial charge is 0.250 e. The Morgan fingerprint density at radius 2 is 2.00 bits per heavy atom. The predicted molar refractivity (Wildman–Crippen MR) is 134 cm³/mol. The number of nitrogens with one attached hydrogen (secondary N) is 1. The second kappa shape index (κ2) is 8.68. The molecule has 0 radical (unpaired) electrons. The van der Waals surface area contributed by atoms with Gasteiger partial charge in [0.1, 0.15) is 9.96 Å². The summed E-state index contributed by atoms with van der Waals surface area (Å²) in [4.78, 5) is 7.07. The van der Waals surface area contributed by atoms with E-state index in [0.717, 1.165) is 58.3 Å². The lowest BCUT2D eigenvalue weighted by Gasteiger charge is -2.20. The third-order valence-electron chi connectivity index (χ3n) is 6.15. The summed E-state index contributed by atoms with van der Waals surface area (Å²) in [6, 6.07) is 11.3. The molecule has 5 rings (SSSR count). The fourth-order valence-electron chi connectivity index (χ4n) is 4.53. The third-order valence-corrected chi connectivity index (χ3v) is 9.07. The number of rotatable bonds is 6. The Morgan fingerprint density at radius 3 is 2.74 bits per heavy atom. The minimum atomic E-state index is -3.51. The summed E-state index contributed by atoms with van der Waals surface area (Å²) in [5, 5.41) is 6.54. The molecule has 1 aliphatic heterocycles. The highest BCUT2D eigenvalue weighted by Crippen LogP contribution is 2.33. The molecule has 1 N–H and O–H groups in total. The van der Waals surface area contributed by atoms with Gasteiger partial charge in [-0.05, 0) is 56.3 Å². The molecule has 34 heavy (non-hydrogen) atoms. The lowest BCUT2D eigenvalue weighted by molar-refractivity contribution is 0.412. The number of benzene rings is 1. The SMILES string of the molecule is COc1cc(-c2c(C)nc3c(N4CC[C@@H](NS(=O)(=O)c5cccs5)C4)cc(C)nn23)ccc1C. The fourth-order valence-corrected chi connectivity index (χ4v) is 6.80. The molecule has 3 aromatic heterocycles. The van der Waals surface area contributed by atoms with Crippen LogP contribution in [0.15, 0.2) is 46.0 Å². The molecule has 8 nitrogen and oxygen atoms in total. The van der Waals surface area contributed by atoms with Crippen LogP contribution in [0.5, 0.6) is 5.75 Å². The van der Waals surface area contributed by atoms with E-state index in [1.165, 1.54) is 11.3 Å². The molecular weight excluding hydrogens is 470 g/mol. The zero-order chi connectivity index (χ0) is 24.0. The highest BCUT2D eigenvalue weighted by atomic mass is 32.2. The number of thiophene rings is 1. The molecule has 0 saturated carbocycles. The number of imidazole rings is 1. The van der Waals surface area contributed by atoms with Crippen LogP contribution < -0.4 is 14.4 Å². The number of aromatic nitrogens is 3. The Morgan fingerprint density at radius 1 is 1.18 bits per heavy atom. The Balaban J connectivity index is 1.49. The number of anilines is 1. The van der Waals surface area contributed by atoms with Crippen LogP contribution in [0.1, 0.15) is 23.4 Å². The first-order chi connectivity index (χ1) is 16.3. The number of ether oxygens (including phenoxy) is 1. The molecule has 1 aliphatic rings. The van der Waals surface area contributed by atoms with Gasteiger partial charge in [0.05, 0.1) is 29.9 Å². The summed E-state index contributed by atoms with van der Waals surface area (Å²) in [5.41, 5.74) is 6.43. The van der Waals surface area contributed by atoms with Gasteiger partial charge in [-0.15, -0.1) is 11.3 Å². The number of nitrogens with zero attached hydrogens (tertiary/aromatic N) is 4. The first-order valence-electron chi connectivity index (χ1n) is 11.1. The van der Waals surface area contributed by atoms with Crippen molar-refractivity contribution in [1.29, 1.82) is 0 Å². The van der Waals surface area contributed by atoms with Crippen molar-refractivity contribution in [3.8, 4) is 17.0 Å². The van der Waals surface area contributed by atoms with Crippen LogP contribution in [0.3, 0.4) is 0 Å². The van der Waals surface area contributed by atoms with Crippen LogP contribution in [-0.2, 0) is 10.0 Å². The van der Waals surface area contributed by atoms with E-state index in [9.17, 15) is 8.42 Å². The minimum absolute atomic E-state index is 0.169. The van der Waals surface area contributed by atoms with E-state index < -0.39 is 10.0 Å². The molecule has 0 aliphatic carbocycles. The second-order valence-corrected chi connectivity index (χ2v) is 11.5. The van der Waals surface area contributed by atoms with Gasteiger partial charge in [-0.1, -0.05) is 18.2 Å². The van der Waals surface area contributed by atoms with E-state index in [1.807, 2.05) is 43.5 Å². The molecule has 1 saturated heterocycles. The van der Waals surface area contributed by atoms with E-state index in [0.29, 0.717) is 10.8 Å². The zero-order valence-electron chi connectivity index (χ0n) is 19.6. The number of sulfonamides is 1. The van der Waals surface area contributed by atoms with Crippen molar-refractivity contribution in [1.82, 2.24) is 19.3 Å². The Labute approximate surface area is 203 Å². The molecular formula is C24H27N5O3S2. The first-order valence-corrected chi connectivity index (χ1v) is 13.5. The van der Waals surface area contributed by atoms with Crippen molar-refractivity contribution in [3.05, 3.63) is 58.7 Å². The summed E-state index contributed by atoms with van der Waals surface area (Å²) in [7, 11) is -1.84. The summed E-state index contributed by atoms with van der Waals surface area (Å²) < 4.78 is 36.0. The molecule has 1 fully saturated rings. The van der Waals surface area contributed by atoms with E-state index in [2.05, 4.69) is 15.7 Å². The number of methoxy groups -OCH3 is 1.